The highest BCUT2D eigenvalue weighted by molar-refractivity contribution is 5.89. The Morgan fingerprint density at radius 3 is 2.78 bits per heavy atom. The van der Waals surface area contributed by atoms with E-state index in [1.54, 1.807) is 13.0 Å². The summed E-state index contributed by atoms with van der Waals surface area (Å²) >= 11 is 0. The van der Waals surface area contributed by atoms with Crippen molar-refractivity contribution in [3.8, 4) is 5.75 Å². The van der Waals surface area contributed by atoms with E-state index in [0.29, 0.717) is 29.7 Å². The molecule has 1 amide bonds. The van der Waals surface area contributed by atoms with Crippen molar-refractivity contribution in [1.82, 2.24) is 5.32 Å². The van der Waals surface area contributed by atoms with Gasteiger partial charge in [0.1, 0.15) is 11.3 Å². The van der Waals surface area contributed by atoms with Gasteiger partial charge in [-0.25, -0.2) is 4.79 Å². The lowest BCUT2D eigenvalue weighted by Crippen LogP contribution is -2.37. The summed E-state index contributed by atoms with van der Waals surface area (Å²) in [5.74, 6) is -0.962. The van der Waals surface area contributed by atoms with Gasteiger partial charge in [0.15, 0.2) is 6.10 Å². The quantitative estimate of drug-likeness (QED) is 0.574. The third kappa shape index (κ3) is 4.13. The van der Waals surface area contributed by atoms with Crippen LogP contribution in [-0.4, -0.2) is 24.5 Å². The molecule has 0 spiro atoms. The molecule has 1 aromatic carbocycles. The monoisotopic (exact) mass is 372 g/mol. The molecule has 0 radical (unpaired) electrons. The summed E-state index contributed by atoms with van der Waals surface area (Å²) in [7, 11) is 0. The van der Waals surface area contributed by atoms with Crippen LogP contribution < -0.4 is 20.8 Å². The zero-order chi connectivity index (χ0) is 19.6. The number of fused-ring (bicyclic) bond motifs is 3. The van der Waals surface area contributed by atoms with Crippen LogP contribution in [0.2, 0.25) is 0 Å². The molecule has 0 saturated carbocycles. The number of aliphatic carboxylic acids is 1. The second-order valence-electron chi connectivity index (χ2n) is 6.86. The van der Waals surface area contributed by atoms with Gasteiger partial charge < -0.3 is 24.4 Å². The molecule has 0 unspecified atom stereocenters. The van der Waals surface area contributed by atoms with Crippen molar-refractivity contribution in [1.29, 1.82) is 0 Å². The molecule has 0 saturated heterocycles. The van der Waals surface area contributed by atoms with Crippen molar-refractivity contribution in [2.75, 3.05) is 6.54 Å². The number of ether oxygens (including phenoxy) is 1. The Bertz CT molecular complexity index is 946. The van der Waals surface area contributed by atoms with Crippen LogP contribution in [0.15, 0.2) is 21.3 Å². The molecular formula is C20H22NO6-. The van der Waals surface area contributed by atoms with E-state index in [4.69, 9.17) is 9.15 Å². The molecule has 144 valence electrons. The van der Waals surface area contributed by atoms with Crippen molar-refractivity contribution >= 4 is 22.8 Å². The number of rotatable bonds is 7. The van der Waals surface area contributed by atoms with Crippen LogP contribution >= 0.6 is 0 Å². The molecule has 1 aromatic heterocycles. The number of hydrogen-bond donors (Lipinski definition) is 1. The minimum Gasteiger partial charge on any atom is -0.550 e. The molecule has 3 rings (SSSR count). The van der Waals surface area contributed by atoms with E-state index in [-0.39, 0.29) is 24.5 Å². The lowest BCUT2D eigenvalue weighted by Gasteiger charge is -2.18. The standard InChI is InChI=1S/C20H23NO6/c1-11-9-15(26-12(2)19(24)21-8-4-7-17(22)23)18-13-5-3-6-14(13)20(25)27-16(18)10-11/h9-10,12H,3-8H2,1-2H3,(H,21,24)(H,22,23)/p-1/t12-/m0/s1. The van der Waals surface area contributed by atoms with Crippen molar-refractivity contribution in [2.24, 2.45) is 0 Å². The largest absolute Gasteiger partial charge is 0.550 e. The highest BCUT2D eigenvalue weighted by Crippen LogP contribution is 2.35. The molecule has 1 aliphatic rings. The van der Waals surface area contributed by atoms with E-state index in [1.807, 2.05) is 13.0 Å². The lowest BCUT2D eigenvalue weighted by molar-refractivity contribution is -0.305. The number of aryl methyl sites for hydroxylation is 2. The highest BCUT2D eigenvalue weighted by Gasteiger charge is 2.24. The van der Waals surface area contributed by atoms with Gasteiger partial charge in [0.2, 0.25) is 0 Å². The van der Waals surface area contributed by atoms with Crippen LogP contribution in [0, 0.1) is 6.92 Å². The fourth-order valence-electron chi connectivity index (χ4n) is 3.43. The van der Waals surface area contributed by atoms with Gasteiger partial charge in [0, 0.05) is 18.1 Å². The number of hydrogen-bond acceptors (Lipinski definition) is 6. The van der Waals surface area contributed by atoms with E-state index in [0.717, 1.165) is 29.4 Å². The maximum Gasteiger partial charge on any atom is 0.339 e. The molecule has 27 heavy (non-hydrogen) atoms. The summed E-state index contributed by atoms with van der Waals surface area (Å²) in [6.07, 6.45) is 1.77. The van der Waals surface area contributed by atoms with E-state index in [2.05, 4.69) is 5.32 Å². The SMILES string of the molecule is Cc1cc(O[C@@H](C)C(=O)NCCCC(=O)[O-])c2c3c(c(=O)oc2c1)CCC3. The van der Waals surface area contributed by atoms with Crippen molar-refractivity contribution < 1.29 is 23.8 Å². The number of nitrogens with one attached hydrogen (secondary N) is 1. The Morgan fingerprint density at radius 2 is 2.04 bits per heavy atom. The molecule has 7 heteroatoms. The van der Waals surface area contributed by atoms with E-state index in [9.17, 15) is 19.5 Å². The van der Waals surface area contributed by atoms with Crippen molar-refractivity contribution in [3.05, 3.63) is 39.2 Å². The first-order valence-electron chi connectivity index (χ1n) is 9.10. The number of carbonyl (C=O) groups is 2. The van der Waals surface area contributed by atoms with E-state index >= 15 is 0 Å². The van der Waals surface area contributed by atoms with Crippen LogP contribution in [0.25, 0.3) is 11.0 Å². The van der Waals surface area contributed by atoms with Crippen molar-refractivity contribution in [3.63, 3.8) is 0 Å². The molecule has 1 atom stereocenters. The summed E-state index contributed by atoms with van der Waals surface area (Å²) < 4.78 is 11.4. The van der Waals surface area contributed by atoms with Gasteiger partial charge in [0.05, 0.1) is 5.39 Å². The summed E-state index contributed by atoms with van der Waals surface area (Å²) in [5.41, 5.74) is 2.66. The van der Waals surface area contributed by atoms with Gasteiger partial charge in [-0.05, 0) is 69.2 Å². The molecule has 0 aliphatic heterocycles. The first-order chi connectivity index (χ1) is 12.9. The minimum absolute atomic E-state index is 0.108. The van der Waals surface area contributed by atoms with Gasteiger partial charge in [-0.3, -0.25) is 4.79 Å². The predicted molar refractivity (Wildman–Crippen MR) is 96.6 cm³/mol. The van der Waals surface area contributed by atoms with Crippen LogP contribution in [0.3, 0.4) is 0 Å². The normalized spacial score (nSPS) is 14.0. The summed E-state index contributed by atoms with van der Waals surface area (Å²) in [6.45, 7) is 3.73. The smallest absolute Gasteiger partial charge is 0.339 e. The van der Waals surface area contributed by atoms with Crippen LogP contribution in [-0.2, 0) is 22.4 Å². The van der Waals surface area contributed by atoms with E-state index in [1.165, 1.54) is 0 Å². The van der Waals surface area contributed by atoms with Gasteiger partial charge in [-0.1, -0.05) is 0 Å². The zero-order valence-corrected chi connectivity index (χ0v) is 15.4. The summed E-state index contributed by atoms with van der Waals surface area (Å²) in [4.78, 5) is 34.8. The second kappa shape index (κ2) is 7.82. The molecule has 1 heterocycles. The fourth-order valence-corrected chi connectivity index (χ4v) is 3.43. The van der Waals surface area contributed by atoms with Gasteiger partial charge in [-0.2, -0.15) is 0 Å². The number of benzene rings is 1. The lowest BCUT2D eigenvalue weighted by atomic mass is 10.0. The number of amides is 1. The minimum atomic E-state index is -1.14. The fraction of sp³-hybridized carbons (Fsp3) is 0.450. The molecule has 1 N–H and O–H groups in total. The Kier molecular flexibility index (Phi) is 5.48. The number of carboxylic acids is 1. The van der Waals surface area contributed by atoms with E-state index < -0.39 is 12.1 Å². The highest BCUT2D eigenvalue weighted by atomic mass is 16.5. The Morgan fingerprint density at radius 1 is 1.30 bits per heavy atom. The van der Waals surface area contributed by atoms with Crippen molar-refractivity contribution in [2.45, 2.75) is 52.1 Å². The average Bonchev–Trinajstić information content (AvgIpc) is 3.08. The third-order valence-electron chi connectivity index (χ3n) is 4.71. The molecule has 7 nitrogen and oxygen atoms in total. The number of carboxylic acid groups (broad SMARTS) is 1. The van der Waals surface area contributed by atoms with Crippen LogP contribution in [0.5, 0.6) is 5.75 Å². The maximum absolute atomic E-state index is 12.2. The van der Waals surface area contributed by atoms with Crippen LogP contribution in [0.1, 0.15) is 42.9 Å². The molecule has 2 aromatic rings. The Labute approximate surface area is 156 Å². The second-order valence-corrected chi connectivity index (χ2v) is 6.86. The Balaban J connectivity index is 1.82. The number of carbonyl (C=O) groups excluding carboxylic acids is 2. The van der Waals surface area contributed by atoms with Gasteiger partial charge in [0.25, 0.3) is 5.91 Å². The van der Waals surface area contributed by atoms with Gasteiger partial charge >= 0.3 is 5.63 Å². The van der Waals surface area contributed by atoms with Crippen LogP contribution in [0.4, 0.5) is 0 Å². The average molecular weight is 372 g/mol. The third-order valence-corrected chi connectivity index (χ3v) is 4.71. The zero-order valence-electron chi connectivity index (χ0n) is 15.4. The first-order valence-corrected chi connectivity index (χ1v) is 9.10. The molecular weight excluding hydrogens is 350 g/mol. The summed E-state index contributed by atoms with van der Waals surface area (Å²) in [5, 5.41) is 13.8. The summed E-state index contributed by atoms with van der Waals surface area (Å²) in [6, 6.07) is 3.63. The molecule has 0 bridgehead atoms. The maximum atomic E-state index is 12.2. The molecule has 0 fully saturated rings. The first kappa shape index (κ1) is 18.9. The van der Waals surface area contributed by atoms with Gasteiger partial charge in [-0.15, -0.1) is 0 Å². The topological polar surface area (TPSA) is 109 Å². The molecule has 1 aliphatic carbocycles. The predicted octanol–water partition coefficient (Wildman–Crippen LogP) is 1.00. The Hall–Kier alpha value is -2.83.